The number of aromatic nitrogens is 1. The standard InChI is InChI=1S/C10H18N4S/c1-13(2)10-12-8(7-15-10)6-14-4-3-9(14)5-11/h7,9H,3-6,11H2,1-2H3. The van der Waals surface area contributed by atoms with Crippen molar-refractivity contribution in [2.75, 3.05) is 32.1 Å². The average molecular weight is 226 g/mol. The molecule has 2 rings (SSSR count). The second-order valence-corrected chi connectivity index (χ2v) is 5.00. The van der Waals surface area contributed by atoms with E-state index in [0.29, 0.717) is 6.04 Å². The molecule has 0 aliphatic carbocycles. The Morgan fingerprint density at radius 1 is 1.67 bits per heavy atom. The van der Waals surface area contributed by atoms with E-state index in [4.69, 9.17) is 5.73 Å². The Balaban J connectivity index is 1.93. The van der Waals surface area contributed by atoms with Crippen LogP contribution in [0.1, 0.15) is 12.1 Å². The van der Waals surface area contributed by atoms with Crippen molar-refractivity contribution >= 4 is 16.5 Å². The number of nitrogens with zero attached hydrogens (tertiary/aromatic N) is 3. The van der Waals surface area contributed by atoms with Gasteiger partial charge >= 0.3 is 0 Å². The fourth-order valence-corrected chi connectivity index (χ4v) is 2.50. The van der Waals surface area contributed by atoms with Gasteiger partial charge < -0.3 is 10.6 Å². The Kier molecular flexibility index (Phi) is 3.23. The van der Waals surface area contributed by atoms with E-state index in [0.717, 1.165) is 24.8 Å². The summed E-state index contributed by atoms with van der Waals surface area (Å²) in [5.74, 6) is 0. The predicted octanol–water partition coefficient (Wildman–Crippen LogP) is 0.742. The highest BCUT2D eigenvalue weighted by Crippen LogP contribution is 2.23. The molecule has 2 heterocycles. The van der Waals surface area contributed by atoms with Crippen molar-refractivity contribution in [3.05, 3.63) is 11.1 Å². The van der Waals surface area contributed by atoms with Crippen LogP contribution in [0, 0.1) is 0 Å². The molecule has 1 aromatic heterocycles. The third-order valence-electron chi connectivity index (χ3n) is 2.83. The van der Waals surface area contributed by atoms with Crippen LogP contribution < -0.4 is 10.6 Å². The van der Waals surface area contributed by atoms with Gasteiger partial charge in [0, 0.05) is 45.2 Å². The molecule has 0 aromatic carbocycles. The lowest BCUT2D eigenvalue weighted by Gasteiger charge is -2.39. The van der Waals surface area contributed by atoms with Crippen LogP contribution in [0.5, 0.6) is 0 Å². The molecule has 1 aliphatic heterocycles. The molecule has 1 saturated heterocycles. The molecule has 1 fully saturated rings. The molecule has 1 aromatic rings. The Morgan fingerprint density at radius 3 is 2.93 bits per heavy atom. The fraction of sp³-hybridized carbons (Fsp3) is 0.700. The van der Waals surface area contributed by atoms with Gasteiger partial charge in [-0.1, -0.05) is 0 Å². The van der Waals surface area contributed by atoms with Crippen molar-refractivity contribution in [3.63, 3.8) is 0 Å². The summed E-state index contributed by atoms with van der Waals surface area (Å²) in [6.45, 7) is 2.88. The van der Waals surface area contributed by atoms with Gasteiger partial charge in [-0.2, -0.15) is 0 Å². The van der Waals surface area contributed by atoms with Crippen molar-refractivity contribution in [2.45, 2.75) is 19.0 Å². The molecular weight excluding hydrogens is 208 g/mol. The van der Waals surface area contributed by atoms with Crippen molar-refractivity contribution < 1.29 is 0 Å². The van der Waals surface area contributed by atoms with E-state index < -0.39 is 0 Å². The minimum atomic E-state index is 0.578. The molecule has 0 spiro atoms. The Labute approximate surface area is 94.7 Å². The SMILES string of the molecule is CN(C)c1nc(CN2CCC2CN)cs1. The van der Waals surface area contributed by atoms with Crippen molar-refractivity contribution in [1.82, 2.24) is 9.88 Å². The zero-order chi connectivity index (χ0) is 10.8. The summed E-state index contributed by atoms with van der Waals surface area (Å²) < 4.78 is 0. The molecule has 15 heavy (non-hydrogen) atoms. The first kappa shape index (κ1) is 10.9. The van der Waals surface area contributed by atoms with Crippen LogP contribution in [-0.2, 0) is 6.54 Å². The maximum absolute atomic E-state index is 5.66. The van der Waals surface area contributed by atoms with Gasteiger partial charge in [-0.3, -0.25) is 4.90 Å². The molecule has 84 valence electrons. The van der Waals surface area contributed by atoms with E-state index in [1.165, 1.54) is 12.1 Å². The first-order valence-corrected chi connectivity index (χ1v) is 6.14. The van der Waals surface area contributed by atoms with Crippen LogP contribution in [0.4, 0.5) is 5.13 Å². The normalized spacial score (nSPS) is 21.4. The highest BCUT2D eigenvalue weighted by Gasteiger charge is 2.26. The summed E-state index contributed by atoms with van der Waals surface area (Å²) in [5.41, 5.74) is 6.83. The predicted molar refractivity (Wildman–Crippen MR) is 64.3 cm³/mol. The van der Waals surface area contributed by atoms with Crippen LogP contribution in [0.3, 0.4) is 0 Å². The van der Waals surface area contributed by atoms with Gasteiger partial charge in [-0.25, -0.2) is 4.98 Å². The third kappa shape index (κ3) is 2.30. The summed E-state index contributed by atoms with van der Waals surface area (Å²) in [4.78, 5) is 9.01. The van der Waals surface area contributed by atoms with E-state index in [1.807, 2.05) is 19.0 Å². The van der Waals surface area contributed by atoms with E-state index in [9.17, 15) is 0 Å². The average Bonchev–Trinajstić information content (AvgIpc) is 2.61. The fourth-order valence-electron chi connectivity index (χ4n) is 1.75. The number of rotatable bonds is 4. The first-order chi connectivity index (χ1) is 7.20. The van der Waals surface area contributed by atoms with Crippen molar-refractivity contribution in [1.29, 1.82) is 0 Å². The molecule has 5 heteroatoms. The highest BCUT2D eigenvalue weighted by molar-refractivity contribution is 7.13. The van der Waals surface area contributed by atoms with Gasteiger partial charge in [0.1, 0.15) is 0 Å². The molecule has 1 aliphatic rings. The van der Waals surface area contributed by atoms with Crippen molar-refractivity contribution in [2.24, 2.45) is 5.73 Å². The molecule has 0 saturated carbocycles. The van der Waals surface area contributed by atoms with E-state index in [-0.39, 0.29) is 0 Å². The zero-order valence-electron chi connectivity index (χ0n) is 9.31. The topological polar surface area (TPSA) is 45.4 Å². The molecule has 0 radical (unpaired) electrons. The Morgan fingerprint density at radius 2 is 2.47 bits per heavy atom. The number of nitrogens with two attached hydrogens (primary N) is 1. The maximum Gasteiger partial charge on any atom is 0.185 e. The summed E-state index contributed by atoms with van der Waals surface area (Å²) >= 11 is 1.70. The lowest BCUT2D eigenvalue weighted by Crippen LogP contribution is -2.50. The number of hydrogen-bond acceptors (Lipinski definition) is 5. The molecule has 1 atom stereocenters. The number of anilines is 1. The van der Waals surface area contributed by atoms with Gasteiger partial charge in [0.15, 0.2) is 5.13 Å². The largest absolute Gasteiger partial charge is 0.354 e. The monoisotopic (exact) mass is 226 g/mol. The molecule has 2 N–H and O–H groups in total. The van der Waals surface area contributed by atoms with Gasteiger partial charge in [0.05, 0.1) is 5.69 Å². The van der Waals surface area contributed by atoms with Gasteiger partial charge in [-0.05, 0) is 6.42 Å². The maximum atomic E-state index is 5.66. The molecule has 4 nitrogen and oxygen atoms in total. The van der Waals surface area contributed by atoms with Crippen LogP contribution in [0.25, 0.3) is 0 Å². The molecular formula is C10H18N4S. The summed E-state index contributed by atoms with van der Waals surface area (Å²) in [5, 5.41) is 3.22. The van der Waals surface area contributed by atoms with E-state index in [2.05, 4.69) is 15.3 Å². The van der Waals surface area contributed by atoms with Crippen LogP contribution >= 0.6 is 11.3 Å². The second-order valence-electron chi connectivity index (χ2n) is 4.16. The van der Waals surface area contributed by atoms with Crippen LogP contribution in [0.15, 0.2) is 5.38 Å². The molecule has 1 unspecified atom stereocenters. The number of hydrogen-bond donors (Lipinski definition) is 1. The lowest BCUT2D eigenvalue weighted by atomic mass is 10.0. The summed E-state index contributed by atoms with van der Waals surface area (Å²) in [6.07, 6.45) is 1.24. The summed E-state index contributed by atoms with van der Waals surface area (Å²) in [6, 6.07) is 0.578. The Hall–Kier alpha value is -0.650. The lowest BCUT2D eigenvalue weighted by molar-refractivity contribution is 0.0869. The van der Waals surface area contributed by atoms with Gasteiger partial charge in [0.25, 0.3) is 0 Å². The van der Waals surface area contributed by atoms with Gasteiger partial charge in [0.2, 0.25) is 0 Å². The van der Waals surface area contributed by atoms with Crippen LogP contribution in [-0.4, -0.2) is 43.1 Å². The smallest absolute Gasteiger partial charge is 0.185 e. The van der Waals surface area contributed by atoms with Crippen LogP contribution in [0.2, 0.25) is 0 Å². The molecule has 0 bridgehead atoms. The first-order valence-electron chi connectivity index (χ1n) is 5.26. The Bertz CT molecular complexity index is 321. The summed E-state index contributed by atoms with van der Waals surface area (Å²) in [7, 11) is 4.05. The van der Waals surface area contributed by atoms with E-state index >= 15 is 0 Å². The van der Waals surface area contributed by atoms with E-state index in [1.54, 1.807) is 11.3 Å². The quantitative estimate of drug-likeness (QED) is 0.822. The molecule has 0 amide bonds. The zero-order valence-corrected chi connectivity index (χ0v) is 10.1. The third-order valence-corrected chi connectivity index (χ3v) is 3.88. The minimum Gasteiger partial charge on any atom is -0.354 e. The second kappa shape index (κ2) is 4.47. The minimum absolute atomic E-state index is 0.578. The highest BCUT2D eigenvalue weighted by atomic mass is 32.1. The number of thiazole rings is 1. The van der Waals surface area contributed by atoms with Gasteiger partial charge in [-0.15, -0.1) is 11.3 Å². The number of likely N-dealkylation sites (tertiary alicyclic amines) is 1. The van der Waals surface area contributed by atoms with Crippen molar-refractivity contribution in [3.8, 4) is 0 Å².